The Labute approximate surface area is 140 Å². The zero-order chi connectivity index (χ0) is 17.5. The van der Waals surface area contributed by atoms with E-state index in [0.29, 0.717) is 23.6 Å². The fourth-order valence-corrected chi connectivity index (χ4v) is 2.32. The van der Waals surface area contributed by atoms with Crippen LogP contribution in [0.25, 0.3) is 0 Å². The molecule has 0 aromatic heterocycles. The lowest BCUT2D eigenvalue weighted by molar-refractivity contribution is -0.385. The number of nitrogens with one attached hydrogen (secondary N) is 1. The highest BCUT2D eigenvalue weighted by Crippen LogP contribution is 2.30. The van der Waals surface area contributed by atoms with Crippen LogP contribution >= 0.6 is 0 Å². The van der Waals surface area contributed by atoms with Crippen LogP contribution in [-0.2, 0) is 0 Å². The van der Waals surface area contributed by atoms with E-state index in [0.717, 1.165) is 12.8 Å². The summed E-state index contributed by atoms with van der Waals surface area (Å²) in [6.07, 6.45) is 1.80. The first-order valence-electron chi connectivity index (χ1n) is 7.81. The molecule has 0 aliphatic heterocycles. The molecule has 6 nitrogen and oxygen atoms in total. The number of rotatable bonds is 7. The summed E-state index contributed by atoms with van der Waals surface area (Å²) in [4.78, 5) is 23.3. The van der Waals surface area contributed by atoms with Gasteiger partial charge in [0.05, 0.1) is 17.1 Å². The Hall–Kier alpha value is -2.89. The lowest BCUT2D eigenvalue weighted by Gasteiger charge is -2.14. The van der Waals surface area contributed by atoms with Gasteiger partial charge in [-0.25, -0.2) is 0 Å². The number of nitro benzene ring substituents is 1. The van der Waals surface area contributed by atoms with Crippen LogP contribution in [0.3, 0.4) is 0 Å². The van der Waals surface area contributed by atoms with Gasteiger partial charge in [0.15, 0.2) is 0 Å². The minimum absolute atomic E-state index is 0.101. The van der Waals surface area contributed by atoms with Crippen LogP contribution in [0.15, 0.2) is 42.5 Å². The number of carbonyl (C=O) groups excluding carboxylic acids is 1. The molecule has 126 valence electrons. The Morgan fingerprint density at radius 1 is 1.21 bits per heavy atom. The third-order valence-electron chi connectivity index (χ3n) is 3.61. The van der Waals surface area contributed by atoms with Crippen molar-refractivity contribution in [2.24, 2.45) is 0 Å². The third kappa shape index (κ3) is 4.10. The van der Waals surface area contributed by atoms with Crippen molar-refractivity contribution < 1.29 is 14.5 Å². The van der Waals surface area contributed by atoms with E-state index >= 15 is 0 Å². The van der Waals surface area contributed by atoms with Gasteiger partial charge in [-0.3, -0.25) is 14.9 Å². The number of anilines is 1. The maximum atomic E-state index is 12.6. The van der Waals surface area contributed by atoms with E-state index < -0.39 is 10.8 Å². The van der Waals surface area contributed by atoms with Crippen molar-refractivity contribution in [2.45, 2.75) is 26.7 Å². The van der Waals surface area contributed by atoms with Gasteiger partial charge in [0.25, 0.3) is 11.6 Å². The quantitative estimate of drug-likeness (QED) is 0.466. The summed E-state index contributed by atoms with van der Waals surface area (Å²) in [6, 6.07) is 11.8. The SMILES string of the molecule is CCCCOc1ccc([N+](=O)[O-])c(C)c1C(=O)Nc1ccccc1. The van der Waals surface area contributed by atoms with Gasteiger partial charge in [-0.1, -0.05) is 31.5 Å². The van der Waals surface area contributed by atoms with Gasteiger partial charge >= 0.3 is 0 Å². The van der Waals surface area contributed by atoms with Gasteiger partial charge < -0.3 is 10.1 Å². The summed E-state index contributed by atoms with van der Waals surface area (Å²) >= 11 is 0. The van der Waals surface area contributed by atoms with Crippen molar-refractivity contribution in [1.82, 2.24) is 0 Å². The summed E-state index contributed by atoms with van der Waals surface area (Å²) in [5, 5.41) is 13.9. The topological polar surface area (TPSA) is 81.5 Å². The first kappa shape index (κ1) is 17.5. The van der Waals surface area contributed by atoms with Crippen molar-refractivity contribution in [1.29, 1.82) is 0 Å². The molecule has 0 saturated carbocycles. The predicted octanol–water partition coefficient (Wildman–Crippen LogP) is 4.33. The summed E-state index contributed by atoms with van der Waals surface area (Å²) in [5.74, 6) is -0.0612. The normalized spacial score (nSPS) is 10.2. The number of hydrogen-bond donors (Lipinski definition) is 1. The molecule has 0 heterocycles. The number of carbonyl (C=O) groups is 1. The van der Waals surface area contributed by atoms with Gasteiger partial charge in [-0.05, 0) is 31.5 Å². The van der Waals surface area contributed by atoms with Gasteiger partial charge in [0.2, 0.25) is 0 Å². The molecule has 0 bridgehead atoms. The summed E-state index contributed by atoms with van der Waals surface area (Å²) in [6.45, 7) is 4.05. The number of unbranched alkanes of at least 4 members (excludes halogenated alkanes) is 1. The van der Waals surface area contributed by atoms with Crippen molar-refractivity contribution in [3.63, 3.8) is 0 Å². The Morgan fingerprint density at radius 3 is 2.54 bits per heavy atom. The van der Waals surface area contributed by atoms with E-state index in [1.54, 1.807) is 31.2 Å². The Bertz CT molecular complexity index is 729. The molecule has 0 spiro atoms. The van der Waals surface area contributed by atoms with Crippen LogP contribution in [0.1, 0.15) is 35.7 Å². The zero-order valence-electron chi connectivity index (χ0n) is 13.7. The second-order valence-corrected chi connectivity index (χ2v) is 5.36. The Balaban J connectivity index is 2.37. The van der Waals surface area contributed by atoms with Crippen LogP contribution in [0.5, 0.6) is 5.75 Å². The number of para-hydroxylation sites is 1. The minimum Gasteiger partial charge on any atom is -0.493 e. The van der Waals surface area contributed by atoms with Crippen LogP contribution in [-0.4, -0.2) is 17.4 Å². The molecule has 0 radical (unpaired) electrons. The van der Waals surface area contributed by atoms with Crippen molar-refractivity contribution in [3.8, 4) is 5.75 Å². The molecule has 24 heavy (non-hydrogen) atoms. The van der Waals surface area contributed by atoms with E-state index in [4.69, 9.17) is 4.74 Å². The number of ether oxygens (including phenoxy) is 1. The van der Waals surface area contributed by atoms with Gasteiger partial charge in [0.1, 0.15) is 5.75 Å². The standard InChI is InChI=1S/C18H20N2O4/c1-3-4-12-24-16-11-10-15(20(22)23)13(2)17(16)18(21)19-14-8-6-5-7-9-14/h5-11H,3-4,12H2,1-2H3,(H,19,21). The highest BCUT2D eigenvalue weighted by Gasteiger charge is 2.23. The molecule has 2 aromatic carbocycles. The molecule has 0 aliphatic carbocycles. The van der Waals surface area contributed by atoms with Crippen molar-refractivity contribution >= 4 is 17.3 Å². The fourth-order valence-electron chi connectivity index (χ4n) is 2.32. The predicted molar refractivity (Wildman–Crippen MR) is 92.6 cm³/mol. The lowest BCUT2D eigenvalue weighted by atomic mass is 10.0. The number of hydrogen-bond acceptors (Lipinski definition) is 4. The highest BCUT2D eigenvalue weighted by atomic mass is 16.6. The lowest BCUT2D eigenvalue weighted by Crippen LogP contribution is -2.16. The second-order valence-electron chi connectivity index (χ2n) is 5.36. The monoisotopic (exact) mass is 328 g/mol. The molecule has 1 N–H and O–H groups in total. The molecular formula is C18H20N2O4. The summed E-state index contributed by atoms with van der Waals surface area (Å²) in [7, 11) is 0. The maximum absolute atomic E-state index is 12.6. The van der Waals surface area contributed by atoms with Crippen LogP contribution < -0.4 is 10.1 Å². The maximum Gasteiger partial charge on any atom is 0.273 e. The smallest absolute Gasteiger partial charge is 0.273 e. The van der Waals surface area contributed by atoms with Gasteiger partial charge in [-0.2, -0.15) is 0 Å². The van der Waals surface area contributed by atoms with E-state index in [1.165, 1.54) is 12.1 Å². The van der Waals surface area contributed by atoms with E-state index in [2.05, 4.69) is 5.32 Å². The number of amides is 1. The van der Waals surface area contributed by atoms with E-state index in [-0.39, 0.29) is 11.3 Å². The number of nitro groups is 1. The summed E-state index contributed by atoms with van der Waals surface area (Å²) in [5.41, 5.74) is 1.01. The summed E-state index contributed by atoms with van der Waals surface area (Å²) < 4.78 is 5.67. The van der Waals surface area contributed by atoms with Crippen molar-refractivity contribution in [2.75, 3.05) is 11.9 Å². The average Bonchev–Trinajstić information content (AvgIpc) is 2.55. The van der Waals surface area contributed by atoms with Crippen LogP contribution in [0, 0.1) is 17.0 Å². The Kier molecular flexibility index (Phi) is 5.89. The molecule has 1 amide bonds. The first-order valence-corrected chi connectivity index (χ1v) is 7.81. The van der Waals surface area contributed by atoms with E-state index in [1.807, 2.05) is 13.0 Å². The Morgan fingerprint density at radius 2 is 1.92 bits per heavy atom. The molecule has 0 fully saturated rings. The molecule has 2 rings (SSSR count). The molecular weight excluding hydrogens is 308 g/mol. The van der Waals surface area contributed by atoms with Crippen LogP contribution in [0.2, 0.25) is 0 Å². The number of benzene rings is 2. The molecule has 0 unspecified atom stereocenters. The zero-order valence-corrected chi connectivity index (χ0v) is 13.7. The van der Waals surface area contributed by atoms with Crippen molar-refractivity contribution in [3.05, 3.63) is 63.7 Å². The molecule has 0 aliphatic rings. The number of nitrogens with zero attached hydrogens (tertiary/aromatic N) is 1. The second kappa shape index (κ2) is 8.10. The highest BCUT2D eigenvalue weighted by molar-refractivity contribution is 6.07. The van der Waals surface area contributed by atoms with Gasteiger partial charge in [0, 0.05) is 17.3 Å². The van der Waals surface area contributed by atoms with Gasteiger partial charge in [-0.15, -0.1) is 0 Å². The molecule has 6 heteroatoms. The molecule has 0 atom stereocenters. The molecule has 0 saturated heterocycles. The first-order chi connectivity index (χ1) is 11.5. The minimum atomic E-state index is -0.496. The largest absolute Gasteiger partial charge is 0.493 e. The molecule has 2 aromatic rings. The fraction of sp³-hybridized carbons (Fsp3) is 0.278. The van der Waals surface area contributed by atoms with E-state index in [9.17, 15) is 14.9 Å². The third-order valence-corrected chi connectivity index (χ3v) is 3.61. The average molecular weight is 328 g/mol. The van der Waals surface area contributed by atoms with Crippen LogP contribution in [0.4, 0.5) is 11.4 Å².